The predicted molar refractivity (Wildman–Crippen MR) is 111 cm³/mol. The van der Waals surface area contributed by atoms with Gasteiger partial charge in [0.25, 0.3) is 0 Å². The molecule has 3 aliphatic rings. The molecule has 3 heterocycles. The molecule has 0 spiro atoms. The van der Waals surface area contributed by atoms with Crippen LogP contribution in [-0.2, 0) is 16.0 Å². The van der Waals surface area contributed by atoms with Gasteiger partial charge in [0.1, 0.15) is 0 Å². The van der Waals surface area contributed by atoms with Crippen LogP contribution in [0.2, 0.25) is 0 Å². The summed E-state index contributed by atoms with van der Waals surface area (Å²) in [4.78, 5) is 21.3. The number of benzene rings is 1. The predicted octanol–water partition coefficient (Wildman–Crippen LogP) is 3.07. The van der Waals surface area contributed by atoms with Crippen LogP contribution in [0.15, 0.2) is 30.5 Å². The lowest BCUT2D eigenvalue weighted by atomic mass is 9.79. The zero-order chi connectivity index (χ0) is 19.1. The number of carbonyl (C=O) groups excluding carboxylic acids is 1. The normalized spacial score (nSPS) is 24.9. The summed E-state index contributed by atoms with van der Waals surface area (Å²) in [7, 11) is 0. The summed E-state index contributed by atoms with van der Waals surface area (Å²) in [5, 5.41) is 1.35. The summed E-state index contributed by atoms with van der Waals surface area (Å²) in [6.07, 6.45) is 7.84. The largest absolute Gasteiger partial charge is 0.378 e. The maximum absolute atomic E-state index is 13.3. The highest BCUT2D eigenvalue weighted by molar-refractivity contribution is 5.99. The van der Waals surface area contributed by atoms with Crippen LogP contribution in [0, 0.1) is 5.92 Å². The van der Waals surface area contributed by atoms with Crippen molar-refractivity contribution >= 4 is 22.4 Å². The van der Waals surface area contributed by atoms with Gasteiger partial charge in [-0.3, -0.25) is 9.69 Å². The first-order valence-corrected chi connectivity index (χ1v) is 10.7. The summed E-state index contributed by atoms with van der Waals surface area (Å²) < 4.78 is 5.44. The van der Waals surface area contributed by atoms with E-state index < -0.39 is 0 Å². The van der Waals surface area contributed by atoms with E-state index in [4.69, 9.17) is 4.74 Å². The summed E-state index contributed by atoms with van der Waals surface area (Å²) in [6.45, 7) is 6.87. The molecule has 0 saturated carbocycles. The first-order valence-electron chi connectivity index (χ1n) is 10.7. The molecule has 5 rings (SSSR count). The monoisotopic (exact) mass is 379 g/mol. The Balaban J connectivity index is 1.54. The van der Waals surface area contributed by atoms with Crippen molar-refractivity contribution in [1.29, 1.82) is 0 Å². The van der Waals surface area contributed by atoms with Crippen LogP contribution >= 0.6 is 0 Å². The SMILES string of the molecule is CCCCN1C[C@H](C(=O)N2CCOCC2)C=C2c3cccc4[nH]cc(c34)C[C@H]21. The topological polar surface area (TPSA) is 48.6 Å². The van der Waals surface area contributed by atoms with Crippen molar-refractivity contribution in [3.8, 4) is 0 Å². The maximum atomic E-state index is 13.3. The van der Waals surface area contributed by atoms with Crippen molar-refractivity contribution in [2.45, 2.75) is 32.2 Å². The zero-order valence-corrected chi connectivity index (χ0v) is 16.6. The number of unbranched alkanes of at least 4 members (excludes halogenated alkanes) is 1. The second-order valence-corrected chi connectivity index (χ2v) is 8.28. The number of nitrogens with one attached hydrogen (secondary N) is 1. The first kappa shape index (κ1) is 18.0. The molecule has 1 N–H and O–H groups in total. The number of aromatic nitrogens is 1. The van der Waals surface area contributed by atoms with E-state index in [-0.39, 0.29) is 11.8 Å². The van der Waals surface area contributed by atoms with E-state index in [2.05, 4.69) is 47.3 Å². The Hall–Kier alpha value is -2.11. The number of hydrogen-bond donors (Lipinski definition) is 1. The molecule has 1 amide bonds. The molecule has 0 unspecified atom stereocenters. The van der Waals surface area contributed by atoms with Gasteiger partial charge in [0.15, 0.2) is 0 Å². The van der Waals surface area contributed by atoms with Crippen LogP contribution in [0.5, 0.6) is 0 Å². The van der Waals surface area contributed by atoms with Crippen molar-refractivity contribution in [3.63, 3.8) is 0 Å². The molecule has 0 bridgehead atoms. The Labute approximate surface area is 166 Å². The fraction of sp³-hybridized carbons (Fsp3) is 0.522. The van der Waals surface area contributed by atoms with Crippen LogP contribution in [0.25, 0.3) is 16.5 Å². The van der Waals surface area contributed by atoms with Crippen LogP contribution in [0.1, 0.15) is 30.9 Å². The van der Waals surface area contributed by atoms with Crippen molar-refractivity contribution in [2.75, 3.05) is 39.4 Å². The molecule has 0 radical (unpaired) electrons. The number of H-pyrrole nitrogens is 1. The molecule has 2 aromatic rings. The number of fused-ring (bicyclic) bond motifs is 2. The third-order valence-electron chi connectivity index (χ3n) is 6.56. The van der Waals surface area contributed by atoms with Gasteiger partial charge >= 0.3 is 0 Å². The van der Waals surface area contributed by atoms with Crippen molar-refractivity contribution < 1.29 is 9.53 Å². The lowest BCUT2D eigenvalue weighted by Crippen LogP contribution is -2.51. The van der Waals surface area contributed by atoms with E-state index in [1.807, 2.05) is 4.90 Å². The standard InChI is InChI=1S/C23H29N3O2/c1-2-3-7-26-15-17(23(27)25-8-10-28-11-9-25)12-19-18-5-4-6-20-22(18)16(14-24-20)13-21(19)26/h4-6,12,14,17,21,24H,2-3,7-11,13,15H2,1H3/t17-,21-/m1/s1. The molecule has 1 saturated heterocycles. The molecule has 1 aromatic carbocycles. The van der Waals surface area contributed by atoms with Crippen molar-refractivity contribution in [1.82, 2.24) is 14.8 Å². The van der Waals surface area contributed by atoms with Gasteiger partial charge < -0.3 is 14.6 Å². The zero-order valence-electron chi connectivity index (χ0n) is 16.6. The molecule has 5 heteroatoms. The summed E-state index contributed by atoms with van der Waals surface area (Å²) in [5.74, 6) is 0.208. The van der Waals surface area contributed by atoms with Crippen LogP contribution < -0.4 is 0 Å². The molecular weight excluding hydrogens is 350 g/mol. The lowest BCUT2D eigenvalue weighted by molar-refractivity contribution is -0.139. The van der Waals surface area contributed by atoms with E-state index in [0.29, 0.717) is 32.3 Å². The van der Waals surface area contributed by atoms with Gasteiger partial charge in [0.05, 0.1) is 19.1 Å². The number of aromatic amines is 1. The van der Waals surface area contributed by atoms with E-state index in [1.165, 1.54) is 40.4 Å². The van der Waals surface area contributed by atoms with Crippen molar-refractivity contribution in [3.05, 3.63) is 41.6 Å². The Bertz CT molecular complexity index is 910. The maximum Gasteiger partial charge on any atom is 0.230 e. The molecule has 148 valence electrons. The smallest absolute Gasteiger partial charge is 0.230 e. The number of amides is 1. The van der Waals surface area contributed by atoms with Crippen LogP contribution in [0.3, 0.4) is 0 Å². The Morgan fingerprint density at radius 1 is 1.29 bits per heavy atom. The van der Waals surface area contributed by atoms with E-state index in [1.54, 1.807) is 0 Å². The van der Waals surface area contributed by atoms with Crippen molar-refractivity contribution in [2.24, 2.45) is 5.92 Å². The summed E-state index contributed by atoms with van der Waals surface area (Å²) in [5.41, 5.74) is 5.28. The second kappa shape index (κ2) is 7.37. The molecule has 2 aliphatic heterocycles. The minimum Gasteiger partial charge on any atom is -0.378 e. The average molecular weight is 380 g/mol. The third-order valence-corrected chi connectivity index (χ3v) is 6.56. The fourth-order valence-electron chi connectivity index (χ4n) is 5.11. The minimum atomic E-state index is -0.0584. The van der Waals surface area contributed by atoms with Gasteiger partial charge in [-0.15, -0.1) is 0 Å². The van der Waals surface area contributed by atoms with Gasteiger partial charge in [-0.05, 0) is 42.2 Å². The van der Waals surface area contributed by atoms with E-state index in [0.717, 1.165) is 19.5 Å². The number of ether oxygens (including phenoxy) is 1. The second-order valence-electron chi connectivity index (χ2n) is 8.28. The number of morpholine rings is 1. The molecule has 1 aromatic heterocycles. The van der Waals surface area contributed by atoms with Gasteiger partial charge in [-0.25, -0.2) is 0 Å². The van der Waals surface area contributed by atoms with Crippen LogP contribution in [0.4, 0.5) is 0 Å². The number of carbonyl (C=O) groups is 1. The number of nitrogens with zero attached hydrogens (tertiary/aromatic N) is 2. The highest BCUT2D eigenvalue weighted by Gasteiger charge is 2.38. The Morgan fingerprint density at radius 3 is 2.96 bits per heavy atom. The Kier molecular flexibility index (Phi) is 4.73. The highest BCUT2D eigenvalue weighted by atomic mass is 16.5. The van der Waals surface area contributed by atoms with E-state index in [9.17, 15) is 4.79 Å². The van der Waals surface area contributed by atoms with Gasteiger partial charge in [-0.1, -0.05) is 31.6 Å². The van der Waals surface area contributed by atoms with Gasteiger partial charge in [0, 0.05) is 42.8 Å². The molecule has 2 atom stereocenters. The fourth-order valence-corrected chi connectivity index (χ4v) is 5.11. The summed E-state index contributed by atoms with van der Waals surface area (Å²) in [6, 6.07) is 6.90. The average Bonchev–Trinajstić information content (AvgIpc) is 3.16. The third kappa shape index (κ3) is 2.97. The van der Waals surface area contributed by atoms with Crippen LogP contribution in [-0.4, -0.2) is 66.1 Å². The quantitative estimate of drug-likeness (QED) is 0.888. The number of rotatable bonds is 4. The molecule has 1 fully saturated rings. The minimum absolute atomic E-state index is 0.0584. The molecular formula is C23H29N3O2. The van der Waals surface area contributed by atoms with Gasteiger partial charge in [0.2, 0.25) is 5.91 Å². The van der Waals surface area contributed by atoms with Gasteiger partial charge in [-0.2, -0.15) is 0 Å². The molecule has 28 heavy (non-hydrogen) atoms. The molecule has 5 nitrogen and oxygen atoms in total. The Morgan fingerprint density at radius 2 is 2.14 bits per heavy atom. The lowest BCUT2D eigenvalue weighted by Gasteiger charge is -2.42. The molecule has 1 aliphatic carbocycles. The first-order chi connectivity index (χ1) is 13.8. The number of hydrogen-bond acceptors (Lipinski definition) is 3. The summed E-state index contributed by atoms with van der Waals surface area (Å²) >= 11 is 0. The van der Waals surface area contributed by atoms with E-state index >= 15 is 0 Å². The highest BCUT2D eigenvalue weighted by Crippen LogP contribution is 2.41.